The lowest BCUT2D eigenvalue weighted by Gasteiger charge is -2.28. The summed E-state index contributed by atoms with van der Waals surface area (Å²) in [4.78, 5) is 19.3. The summed E-state index contributed by atoms with van der Waals surface area (Å²) in [6.45, 7) is 9.51. The molecule has 1 atom stereocenters. The van der Waals surface area contributed by atoms with Crippen LogP contribution in [0.15, 0.2) is 28.6 Å². The number of aliphatic hydroxyl groups excluding tert-OH is 1. The van der Waals surface area contributed by atoms with Crippen LogP contribution >= 0.6 is 0 Å². The molecule has 1 rings (SSSR count). The first kappa shape index (κ1) is 28.3. The van der Waals surface area contributed by atoms with E-state index in [-0.39, 0.29) is 37.8 Å². The molecule has 186 valence electrons. The van der Waals surface area contributed by atoms with E-state index < -0.39 is 22.1 Å². The number of aromatic nitrogens is 1. The van der Waals surface area contributed by atoms with Crippen LogP contribution in [0.25, 0.3) is 0 Å². The molecule has 0 aliphatic carbocycles. The molecular weight excluding hydrogens is 436 g/mol. The summed E-state index contributed by atoms with van der Waals surface area (Å²) in [5, 5.41) is 48.9. The molecular formula is C20H34N6O7. The van der Waals surface area contributed by atoms with Crippen LogP contribution in [0.3, 0.4) is 0 Å². The van der Waals surface area contributed by atoms with Crippen LogP contribution in [0.4, 0.5) is 5.82 Å². The van der Waals surface area contributed by atoms with Crippen molar-refractivity contribution in [3.8, 4) is 0 Å². The van der Waals surface area contributed by atoms with Crippen LogP contribution in [-0.4, -0.2) is 80.4 Å². The predicted molar refractivity (Wildman–Crippen MR) is 121 cm³/mol. The van der Waals surface area contributed by atoms with E-state index in [1.807, 2.05) is 13.8 Å². The third kappa shape index (κ3) is 9.75. The van der Waals surface area contributed by atoms with Gasteiger partial charge in [0.05, 0.1) is 42.7 Å². The van der Waals surface area contributed by atoms with Gasteiger partial charge < -0.3 is 35.7 Å². The molecule has 0 aliphatic heterocycles. The number of nitro groups is 1. The Morgan fingerprint density at radius 2 is 1.97 bits per heavy atom. The molecule has 0 fully saturated rings. The Kier molecular flexibility index (Phi) is 11.2. The van der Waals surface area contributed by atoms with E-state index in [1.54, 1.807) is 26.8 Å². The molecule has 0 saturated carbocycles. The molecule has 0 amide bonds. The van der Waals surface area contributed by atoms with Crippen molar-refractivity contribution in [3.05, 3.63) is 34.0 Å². The minimum absolute atomic E-state index is 0.0726. The average Bonchev–Trinajstić information content (AvgIpc) is 2.75. The van der Waals surface area contributed by atoms with E-state index in [4.69, 9.17) is 14.8 Å². The average molecular weight is 471 g/mol. The van der Waals surface area contributed by atoms with Crippen molar-refractivity contribution in [2.24, 2.45) is 10.3 Å². The first-order chi connectivity index (χ1) is 15.4. The quantitative estimate of drug-likeness (QED) is 0.0822. The summed E-state index contributed by atoms with van der Waals surface area (Å²) in [6, 6.07) is 2.87. The zero-order valence-electron chi connectivity index (χ0n) is 19.6. The van der Waals surface area contributed by atoms with Crippen LogP contribution in [0.1, 0.15) is 40.2 Å². The summed E-state index contributed by atoms with van der Waals surface area (Å²) < 4.78 is 5.46. The van der Waals surface area contributed by atoms with Gasteiger partial charge in [-0.25, -0.2) is 0 Å². The van der Waals surface area contributed by atoms with Gasteiger partial charge in [-0.1, -0.05) is 10.3 Å². The topological polar surface area (TPSA) is 184 Å². The molecule has 0 saturated heterocycles. The van der Waals surface area contributed by atoms with Gasteiger partial charge in [0.1, 0.15) is 11.9 Å². The molecule has 1 aromatic heterocycles. The maximum Gasteiger partial charge on any atom is 0.363 e. The van der Waals surface area contributed by atoms with Gasteiger partial charge >= 0.3 is 5.82 Å². The number of hydroxylamine groups is 1. The lowest BCUT2D eigenvalue weighted by Crippen LogP contribution is -2.50. The van der Waals surface area contributed by atoms with Crippen LogP contribution in [0.2, 0.25) is 0 Å². The lowest BCUT2D eigenvalue weighted by atomic mass is 10.00. The Morgan fingerprint density at radius 3 is 2.58 bits per heavy atom. The van der Waals surface area contributed by atoms with Crippen LogP contribution in [-0.2, 0) is 16.0 Å². The highest BCUT2D eigenvalue weighted by Crippen LogP contribution is 2.12. The van der Waals surface area contributed by atoms with Gasteiger partial charge in [0, 0.05) is 19.0 Å². The molecule has 1 heterocycles. The monoisotopic (exact) mass is 470 g/mol. The highest BCUT2D eigenvalue weighted by atomic mass is 16.6. The van der Waals surface area contributed by atoms with Gasteiger partial charge in [-0.05, 0) is 56.2 Å². The second-order valence-corrected chi connectivity index (χ2v) is 8.51. The van der Waals surface area contributed by atoms with E-state index in [0.29, 0.717) is 17.8 Å². The normalized spacial score (nSPS) is 14.4. The van der Waals surface area contributed by atoms with Gasteiger partial charge in [0.25, 0.3) is 0 Å². The molecule has 1 aromatic rings. The molecule has 13 nitrogen and oxygen atoms in total. The van der Waals surface area contributed by atoms with Gasteiger partial charge in [0.15, 0.2) is 0 Å². The van der Waals surface area contributed by atoms with E-state index in [2.05, 4.69) is 26.1 Å². The molecule has 13 heteroatoms. The van der Waals surface area contributed by atoms with Gasteiger partial charge in [0.2, 0.25) is 0 Å². The highest BCUT2D eigenvalue weighted by molar-refractivity contribution is 5.93. The molecule has 0 spiro atoms. The smallest absolute Gasteiger partial charge is 0.363 e. The SMILES string of the molecule is C/C(=N\O)C(C)(C)NCCONC(C)(C)/C(COCC(O)Cc1ccnc([N+](=O)[O-])c1)=N/O. The fraction of sp³-hybridized carbons (Fsp3) is 0.650. The molecule has 1 unspecified atom stereocenters. The van der Waals surface area contributed by atoms with Gasteiger partial charge in [-0.3, -0.25) is 4.84 Å². The van der Waals surface area contributed by atoms with Crippen LogP contribution < -0.4 is 10.8 Å². The Hall–Kier alpha value is -2.71. The number of pyridine rings is 1. The Labute approximate surface area is 192 Å². The van der Waals surface area contributed by atoms with Crippen molar-refractivity contribution < 1.29 is 30.0 Å². The van der Waals surface area contributed by atoms with Crippen LogP contribution in [0.5, 0.6) is 0 Å². The van der Waals surface area contributed by atoms with Crippen molar-refractivity contribution in [2.45, 2.75) is 58.2 Å². The Morgan fingerprint density at radius 1 is 1.27 bits per heavy atom. The lowest BCUT2D eigenvalue weighted by molar-refractivity contribution is -0.389. The maximum atomic E-state index is 10.8. The van der Waals surface area contributed by atoms with Gasteiger partial charge in [-0.2, -0.15) is 5.48 Å². The van der Waals surface area contributed by atoms with E-state index in [9.17, 15) is 20.4 Å². The molecule has 0 aliphatic rings. The van der Waals surface area contributed by atoms with Crippen molar-refractivity contribution in [1.82, 2.24) is 15.8 Å². The number of rotatable bonds is 15. The molecule has 33 heavy (non-hydrogen) atoms. The summed E-state index contributed by atoms with van der Waals surface area (Å²) in [5.41, 5.74) is 2.77. The highest BCUT2D eigenvalue weighted by Gasteiger charge is 2.27. The molecule has 0 bridgehead atoms. The largest absolute Gasteiger partial charge is 0.411 e. The molecule has 0 radical (unpaired) electrons. The third-order valence-electron chi connectivity index (χ3n) is 5.01. The second kappa shape index (κ2) is 13.1. The van der Waals surface area contributed by atoms with E-state index >= 15 is 0 Å². The van der Waals surface area contributed by atoms with Crippen molar-refractivity contribution in [2.75, 3.05) is 26.4 Å². The standard InChI is InChI=1S/C20H34N6O7/c1-14(23-28)19(2,3)22-8-9-33-25-20(4,5)17(24-29)13-32-12-16(27)10-15-6-7-21-18(11-15)26(30)31/h6-7,11,16,22,25,27-29H,8-10,12-13H2,1-5H3/b23-14+,24-17+. The summed E-state index contributed by atoms with van der Waals surface area (Å²) >= 11 is 0. The number of nitrogens with zero attached hydrogens (tertiary/aromatic N) is 4. The summed E-state index contributed by atoms with van der Waals surface area (Å²) in [6.07, 6.45) is 0.535. The fourth-order valence-corrected chi connectivity index (χ4v) is 2.60. The fourth-order valence-electron chi connectivity index (χ4n) is 2.60. The first-order valence-corrected chi connectivity index (χ1v) is 10.3. The minimum atomic E-state index is -0.917. The number of hydrogen-bond acceptors (Lipinski definition) is 12. The Balaban J connectivity index is 2.43. The van der Waals surface area contributed by atoms with Crippen LogP contribution in [0, 0.1) is 10.1 Å². The van der Waals surface area contributed by atoms with E-state index in [1.165, 1.54) is 12.3 Å². The predicted octanol–water partition coefficient (Wildman–Crippen LogP) is 1.26. The zero-order valence-corrected chi connectivity index (χ0v) is 19.6. The number of oxime groups is 2. The number of ether oxygens (including phenoxy) is 1. The summed E-state index contributed by atoms with van der Waals surface area (Å²) in [7, 11) is 0. The Bertz CT molecular complexity index is 829. The van der Waals surface area contributed by atoms with Crippen molar-refractivity contribution >= 4 is 17.2 Å². The maximum absolute atomic E-state index is 10.8. The third-order valence-corrected chi connectivity index (χ3v) is 5.01. The van der Waals surface area contributed by atoms with Gasteiger partial charge in [-0.15, -0.1) is 0 Å². The number of nitrogens with one attached hydrogen (secondary N) is 2. The zero-order chi connectivity index (χ0) is 25.1. The van der Waals surface area contributed by atoms with Crippen molar-refractivity contribution in [3.63, 3.8) is 0 Å². The number of aliphatic hydroxyl groups is 1. The molecule has 5 N–H and O–H groups in total. The van der Waals surface area contributed by atoms with E-state index in [0.717, 1.165) is 0 Å². The first-order valence-electron chi connectivity index (χ1n) is 10.3. The van der Waals surface area contributed by atoms with Crippen molar-refractivity contribution in [1.29, 1.82) is 0 Å². The summed E-state index contributed by atoms with van der Waals surface area (Å²) in [5.74, 6) is -0.293. The second-order valence-electron chi connectivity index (χ2n) is 8.51. The molecule has 0 aromatic carbocycles. The minimum Gasteiger partial charge on any atom is -0.411 e. The number of hydrogen-bond donors (Lipinski definition) is 5.